The molecule has 130 valence electrons. The van der Waals surface area contributed by atoms with E-state index in [1.807, 2.05) is 18.2 Å². The summed E-state index contributed by atoms with van der Waals surface area (Å²) < 4.78 is 1.14. The van der Waals surface area contributed by atoms with E-state index in [2.05, 4.69) is 10.2 Å². The fourth-order valence-corrected chi connectivity index (χ4v) is 4.10. The first-order valence-corrected chi connectivity index (χ1v) is 9.73. The number of unbranched alkanes of at least 4 members (excludes halogenated alkanes) is 3. The van der Waals surface area contributed by atoms with Crippen molar-refractivity contribution in [2.24, 2.45) is 5.73 Å². The number of benzene rings is 1. The Bertz CT molecular complexity index is 679. The number of nitrogens with zero attached hydrogens (tertiary/aromatic N) is 2. The molecule has 0 aliphatic carbocycles. The number of fused-ring (bicyclic) bond motifs is 1. The highest BCUT2D eigenvalue weighted by molar-refractivity contribution is 7.22. The molecule has 1 saturated heterocycles. The van der Waals surface area contributed by atoms with Crippen LogP contribution >= 0.6 is 11.3 Å². The molecule has 1 aliphatic heterocycles. The molecule has 24 heavy (non-hydrogen) atoms. The molecular formula is C18H26N4OS. The Balaban J connectivity index is 1.55. The van der Waals surface area contributed by atoms with Gasteiger partial charge < -0.3 is 16.0 Å². The van der Waals surface area contributed by atoms with Gasteiger partial charge in [0, 0.05) is 25.2 Å². The third-order valence-electron chi connectivity index (χ3n) is 4.40. The number of nitrogens with two attached hydrogens (primary N) is 1. The summed E-state index contributed by atoms with van der Waals surface area (Å²) in [5.41, 5.74) is 7.36. The van der Waals surface area contributed by atoms with Crippen LogP contribution in [0.4, 0.5) is 10.8 Å². The Morgan fingerprint density at radius 2 is 2.00 bits per heavy atom. The van der Waals surface area contributed by atoms with Crippen molar-refractivity contribution in [1.82, 2.24) is 4.98 Å². The maximum atomic E-state index is 12.0. The normalized spacial score (nSPS) is 14.5. The summed E-state index contributed by atoms with van der Waals surface area (Å²) in [5.74, 6) is 0.0892. The van der Waals surface area contributed by atoms with E-state index in [-0.39, 0.29) is 5.91 Å². The second-order valence-electron chi connectivity index (χ2n) is 6.37. The molecule has 2 heterocycles. The highest BCUT2D eigenvalue weighted by Gasteiger charge is 2.16. The van der Waals surface area contributed by atoms with Crippen LogP contribution in [0.2, 0.25) is 0 Å². The largest absolute Gasteiger partial charge is 0.348 e. The maximum Gasteiger partial charge on any atom is 0.224 e. The van der Waals surface area contributed by atoms with E-state index in [1.54, 1.807) is 11.3 Å². The van der Waals surface area contributed by atoms with Crippen LogP contribution in [0, 0.1) is 0 Å². The van der Waals surface area contributed by atoms with Crippen LogP contribution in [0.1, 0.15) is 44.9 Å². The summed E-state index contributed by atoms with van der Waals surface area (Å²) in [6.07, 6.45) is 7.22. The SMILES string of the molecule is NCCCCCCC(=O)Nc1ccc2nc(N3CCCC3)sc2c1. The highest BCUT2D eigenvalue weighted by Crippen LogP contribution is 2.32. The summed E-state index contributed by atoms with van der Waals surface area (Å²) in [4.78, 5) is 19.1. The van der Waals surface area contributed by atoms with Gasteiger partial charge in [-0.05, 0) is 50.4 Å². The molecule has 1 fully saturated rings. The molecular weight excluding hydrogens is 320 g/mol. The molecule has 3 rings (SSSR count). The second kappa shape index (κ2) is 8.44. The number of carbonyl (C=O) groups excluding carboxylic acids is 1. The van der Waals surface area contributed by atoms with Crippen molar-refractivity contribution < 1.29 is 4.79 Å². The van der Waals surface area contributed by atoms with E-state index >= 15 is 0 Å². The van der Waals surface area contributed by atoms with E-state index in [0.717, 1.165) is 66.4 Å². The lowest BCUT2D eigenvalue weighted by molar-refractivity contribution is -0.116. The van der Waals surface area contributed by atoms with E-state index in [9.17, 15) is 4.79 Å². The van der Waals surface area contributed by atoms with Crippen molar-refractivity contribution in [1.29, 1.82) is 0 Å². The Kier molecular flexibility index (Phi) is 6.04. The van der Waals surface area contributed by atoms with Crippen LogP contribution in [0.5, 0.6) is 0 Å². The molecule has 2 aromatic rings. The van der Waals surface area contributed by atoms with Gasteiger partial charge in [-0.15, -0.1) is 0 Å². The van der Waals surface area contributed by atoms with Gasteiger partial charge in [-0.25, -0.2) is 4.98 Å². The summed E-state index contributed by atoms with van der Waals surface area (Å²) in [7, 11) is 0. The van der Waals surface area contributed by atoms with Crippen molar-refractivity contribution >= 4 is 38.3 Å². The van der Waals surface area contributed by atoms with Gasteiger partial charge in [0.2, 0.25) is 5.91 Å². The average Bonchev–Trinajstić information content (AvgIpc) is 3.23. The summed E-state index contributed by atoms with van der Waals surface area (Å²) in [6, 6.07) is 5.99. The van der Waals surface area contributed by atoms with Crippen LogP contribution in [0.15, 0.2) is 18.2 Å². The number of carbonyl (C=O) groups is 1. The monoisotopic (exact) mass is 346 g/mol. The lowest BCUT2D eigenvalue weighted by Crippen LogP contribution is -2.16. The van der Waals surface area contributed by atoms with Gasteiger partial charge in [0.05, 0.1) is 10.2 Å². The topological polar surface area (TPSA) is 71.2 Å². The number of nitrogens with one attached hydrogen (secondary N) is 1. The number of aromatic nitrogens is 1. The molecule has 0 spiro atoms. The minimum Gasteiger partial charge on any atom is -0.348 e. The van der Waals surface area contributed by atoms with Crippen molar-refractivity contribution in [3.05, 3.63) is 18.2 Å². The fraction of sp³-hybridized carbons (Fsp3) is 0.556. The summed E-state index contributed by atoms with van der Waals surface area (Å²) in [5, 5.41) is 4.11. The van der Waals surface area contributed by atoms with Crippen LogP contribution in [-0.2, 0) is 4.79 Å². The Hall–Kier alpha value is -1.66. The highest BCUT2D eigenvalue weighted by atomic mass is 32.1. The smallest absolute Gasteiger partial charge is 0.224 e. The first-order chi connectivity index (χ1) is 11.8. The number of anilines is 2. The van der Waals surface area contributed by atoms with Crippen LogP contribution in [0.3, 0.4) is 0 Å². The van der Waals surface area contributed by atoms with Gasteiger partial charge in [-0.2, -0.15) is 0 Å². The zero-order chi connectivity index (χ0) is 16.8. The number of hydrogen-bond donors (Lipinski definition) is 2. The number of hydrogen-bond acceptors (Lipinski definition) is 5. The Morgan fingerprint density at radius 3 is 2.79 bits per heavy atom. The van der Waals surface area contributed by atoms with E-state index in [1.165, 1.54) is 12.8 Å². The number of amides is 1. The predicted molar refractivity (Wildman–Crippen MR) is 102 cm³/mol. The second-order valence-corrected chi connectivity index (χ2v) is 7.38. The number of rotatable bonds is 8. The molecule has 0 saturated carbocycles. The van der Waals surface area contributed by atoms with Crippen molar-refractivity contribution in [3.63, 3.8) is 0 Å². The minimum absolute atomic E-state index is 0.0892. The number of thiazole rings is 1. The summed E-state index contributed by atoms with van der Waals surface area (Å²) >= 11 is 1.71. The maximum absolute atomic E-state index is 12.0. The molecule has 0 radical (unpaired) electrons. The lowest BCUT2D eigenvalue weighted by Gasteiger charge is -2.11. The molecule has 1 aromatic carbocycles. The molecule has 1 aromatic heterocycles. The zero-order valence-electron chi connectivity index (χ0n) is 14.1. The van der Waals surface area contributed by atoms with Crippen molar-refractivity contribution in [3.8, 4) is 0 Å². The van der Waals surface area contributed by atoms with Crippen LogP contribution in [0.25, 0.3) is 10.2 Å². The molecule has 5 nitrogen and oxygen atoms in total. The lowest BCUT2D eigenvalue weighted by atomic mass is 10.1. The van der Waals surface area contributed by atoms with Gasteiger partial charge in [0.1, 0.15) is 0 Å². The van der Waals surface area contributed by atoms with Gasteiger partial charge in [0.25, 0.3) is 0 Å². The third kappa shape index (κ3) is 4.45. The van der Waals surface area contributed by atoms with Crippen LogP contribution < -0.4 is 16.0 Å². The van der Waals surface area contributed by atoms with Gasteiger partial charge in [-0.3, -0.25) is 4.79 Å². The molecule has 0 bridgehead atoms. The zero-order valence-corrected chi connectivity index (χ0v) is 14.9. The van der Waals surface area contributed by atoms with Gasteiger partial charge in [-0.1, -0.05) is 24.2 Å². The van der Waals surface area contributed by atoms with Crippen molar-refractivity contribution in [2.45, 2.75) is 44.9 Å². The molecule has 6 heteroatoms. The molecule has 3 N–H and O–H groups in total. The fourth-order valence-electron chi connectivity index (χ4n) is 3.04. The average molecular weight is 347 g/mol. The summed E-state index contributed by atoms with van der Waals surface area (Å²) in [6.45, 7) is 2.95. The Labute approximate surface area is 147 Å². The quantitative estimate of drug-likeness (QED) is 0.714. The molecule has 1 amide bonds. The standard InChI is InChI=1S/C18H26N4OS/c19-10-4-2-1-3-7-17(23)20-14-8-9-15-16(13-14)24-18(21-15)22-11-5-6-12-22/h8-9,13H,1-7,10-12,19H2,(H,20,23). The first kappa shape index (κ1) is 17.2. The van der Waals surface area contributed by atoms with E-state index in [4.69, 9.17) is 10.7 Å². The molecule has 0 unspecified atom stereocenters. The third-order valence-corrected chi connectivity index (χ3v) is 5.47. The van der Waals surface area contributed by atoms with E-state index < -0.39 is 0 Å². The van der Waals surface area contributed by atoms with Gasteiger partial charge >= 0.3 is 0 Å². The first-order valence-electron chi connectivity index (χ1n) is 8.92. The van der Waals surface area contributed by atoms with Crippen molar-refractivity contribution in [2.75, 3.05) is 29.9 Å². The minimum atomic E-state index is 0.0892. The molecule has 1 aliphatic rings. The Morgan fingerprint density at radius 1 is 1.21 bits per heavy atom. The predicted octanol–water partition coefficient (Wildman–Crippen LogP) is 3.74. The van der Waals surface area contributed by atoms with Crippen LogP contribution in [-0.4, -0.2) is 30.5 Å². The van der Waals surface area contributed by atoms with Gasteiger partial charge in [0.15, 0.2) is 5.13 Å². The molecule has 0 atom stereocenters. The van der Waals surface area contributed by atoms with E-state index in [0.29, 0.717) is 6.42 Å².